The fourth-order valence-corrected chi connectivity index (χ4v) is 4.97. The molecule has 9 nitrogen and oxygen atoms in total. The van der Waals surface area contributed by atoms with E-state index in [1.54, 1.807) is 30.3 Å². The summed E-state index contributed by atoms with van der Waals surface area (Å²) in [6.45, 7) is 2.88. The van der Waals surface area contributed by atoms with E-state index < -0.39 is 23.9 Å². The molecule has 0 saturated heterocycles. The third-order valence-electron chi connectivity index (χ3n) is 7.75. The Morgan fingerprint density at radius 2 is 0.857 bits per heavy atom. The molecule has 0 saturated carbocycles. The molecule has 0 fully saturated rings. The van der Waals surface area contributed by atoms with Crippen molar-refractivity contribution < 1.29 is 43.2 Å². The Morgan fingerprint density at radius 1 is 0.469 bits per heavy atom. The standard InChI is InChI=1S/C40H42O9/c1-2-3-4-5-6-7-8-9-10-11-27-46-33-23-19-31(20-24-33)38(43)47-34-25-21-32(22-26-34)40(45)49-36-14-12-13-35(28-36)48-39(44)30-17-15-29(16-18-30)37(41)42/h12-26,28H,2-11,27H2,1H3,(H,41,42). The number of aromatic carboxylic acids is 1. The summed E-state index contributed by atoms with van der Waals surface area (Å²) in [4.78, 5) is 48.9. The van der Waals surface area contributed by atoms with E-state index in [1.807, 2.05) is 0 Å². The van der Waals surface area contributed by atoms with Crippen LogP contribution in [0.4, 0.5) is 0 Å². The molecule has 0 amide bonds. The predicted molar refractivity (Wildman–Crippen MR) is 185 cm³/mol. The van der Waals surface area contributed by atoms with Crippen molar-refractivity contribution in [3.05, 3.63) is 119 Å². The van der Waals surface area contributed by atoms with Crippen molar-refractivity contribution in [3.63, 3.8) is 0 Å². The van der Waals surface area contributed by atoms with Gasteiger partial charge in [0.05, 0.1) is 28.9 Å². The minimum atomic E-state index is -1.11. The van der Waals surface area contributed by atoms with Crippen LogP contribution in [0, 0.1) is 0 Å². The average molecular weight is 667 g/mol. The van der Waals surface area contributed by atoms with E-state index in [0.29, 0.717) is 17.9 Å². The van der Waals surface area contributed by atoms with E-state index in [2.05, 4.69) is 6.92 Å². The smallest absolute Gasteiger partial charge is 0.343 e. The maximum absolute atomic E-state index is 12.7. The van der Waals surface area contributed by atoms with E-state index in [4.69, 9.17) is 24.1 Å². The Morgan fingerprint density at radius 3 is 1.33 bits per heavy atom. The van der Waals surface area contributed by atoms with Crippen molar-refractivity contribution in [2.24, 2.45) is 0 Å². The molecule has 0 heterocycles. The summed E-state index contributed by atoms with van der Waals surface area (Å²) in [5, 5.41) is 9.01. The molecule has 9 heteroatoms. The molecule has 0 aromatic heterocycles. The topological polar surface area (TPSA) is 125 Å². The molecule has 0 aliphatic carbocycles. The van der Waals surface area contributed by atoms with Crippen molar-refractivity contribution in [2.45, 2.75) is 71.1 Å². The van der Waals surface area contributed by atoms with Crippen molar-refractivity contribution in [3.8, 4) is 23.0 Å². The van der Waals surface area contributed by atoms with E-state index in [9.17, 15) is 19.2 Å². The molecule has 0 atom stereocenters. The normalized spacial score (nSPS) is 10.6. The lowest BCUT2D eigenvalue weighted by atomic mass is 10.1. The predicted octanol–water partition coefficient (Wildman–Crippen LogP) is 9.34. The zero-order valence-corrected chi connectivity index (χ0v) is 27.7. The number of esters is 3. The first-order chi connectivity index (χ1) is 23.8. The third kappa shape index (κ3) is 12.3. The van der Waals surface area contributed by atoms with Crippen molar-refractivity contribution in [2.75, 3.05) is 6.61 Å². The fourth-order valence-electron chi connectivity index (χ4n) is 4.97. The van der Waals surface area contributed by atoms with Gasteiger partial charge in [0.2, 0.25) is 0 Å². The van der Waals surface area contributed by atoms with Gasteiger partial charge in [0.1, 0.15) is 23.0 Å². The molecular formula is C40H42O9. The maximum atomic E-state index is 12.7. The number of benzene rings is 4. The second kappa shape index (κ2) is 19.4. The first kappa shape index (κ1) is 36.4. The van der Waals surface area contributed by atoms with Gasteiger partial charge in [0, 0.05) is 6.07 Å². The van der Waals surface area contributed by atoms with Crippen LogP contribution in [0.2, 0.25) is 0 Å². The third-order valence-corrected chi connectivity index (χ3v) is 7.75. The number of rotatable bonds is 19. The van der Waals surface area contributed by atoms with Crippen LogP contribution in [0.3, 0.4) is 0 Å². The van der Waals surface area contributed by atoms with Gasteiger partial charge in [-0.05, 0) is 91.3 Å². The van der Waals surface area contributed by atoms with Crippen LogP contribution in [0.5, 0.6) is 23.0 Å². The summed E-state index contributed by atoms with van der Waals surface area (Å²) < 4.78 is 22.1. The number of hydrogen-bond donors (Lipinski definition) is 1. The lowest BCUT2D eigenvalue weighted by Crippen LogP contribution is -2.11. The van der Waals surface area contributed by atoms with Crippen LogP contribution >= 0.6 is 0 Å². The number of carboxylic acids is 1. The van der Waals surface area contributed by atoms with E-state index >= 15 is 0 Å². The molecule has 0 bridgehead atoms. The molecule has 1 N–H and O–H groups in total. The van der Waals surface area contributed by atoms with Crippen LogP contribution < -0.4 is 18.9 Å². The fraction of sp³-hybridized carbons (Fsp3) is 0.300. The molecular weight excluding hydrogens is 624 g/mol. The molecule has 0 aliphatic rings. The van der Waals surface area contributed by atoms with Crippen LogP contribution in [0.15, 0.2) is 97.1 Å². The Bertz CT molecular complexity index is 1660. The summed E-state index contributed by atoms with van der Waals surface area (Å²) >= 11 is 0. The zero-order valence-electron chi connectivity index (χ0n) is 27.7. The largest absolute Gasteiger partial charge is 0.494 e. The Hall–Kier alpha value is -5.44. The van der Waals surface area contributed by atoms with Gasteiger partial charge in [-0.1, -0.05) is 70.8 Å². The number of hydrogen-bond acceptors (Lipinski definition) is 8. The lowest BCUT2D eigenvalue weighted by molar-refractivity contribution is 0.0688. The van der Waals surface area contributed by atoms with Gasteiger partial charge >= 0.3 is 23.9 Å². The number of carbonyl (C=O) groups is 4. The second-order valence-corrected chi connectivity index (χ2v) is 11.6. The van der Waals surface area contributed by atoms with Gasteiger partial charge in [0.15, 0.2) is 0 Å². The quantitative estimate of drug-likeness (QED) is 0.0592. The molecule has 4 aromatic carbocycles. The minimum absolute atomic E-state index is 0.0434. The SMILES string of the molecule is CCCCCCCCCCCCOc1ccc(C(=O)Oc2ccc(C(=O)Oc3cccc(OC(=O)c4ccc(C(=O)O)cc4)c3)cc2)cc1. The van der Waals surface area contributed by atoms with Gasteiger partial charge in [-0.3, -0.25) is 0 Å². The van der Waals surface area contributed by atoms with Gasteiger partial charge in [-0.25, -0.2) is 19.2 Å². The molecule has 0 aliphatic heterocycles. The number of unbranched alkanes of at least 4 members (excludes halogenated alkanes) is 9. The van der Waals surface area contributed by atoms with Crippen LogP contribution in [-0.2, 0) is 0 Å². The first-order valence-corrected chi connectivity index (χ1v) is 16.8. The Labute approximate surface area is 286 Å². The van der Waals surface area contributed by atoms with Gasteiger partial charge < -0.3 is 24.1 Å². The molecule has 0 radical (unpaired) electrons. The summed E-state index contributed by atoms with van der Waals surface area (Å²) in [7, 11) is 0. The molecule has 0 spiro atoms. The lowest BCUT2D eigenvalue weighted by Gasteiger charge is -2.09. The van der Waals surface area contributed by atoms with E-state index in [-0.39, 0.29) is 33.9 Å². The van der Waals surface area contributed by atoms with Crippen LogP contribution in [0.1, 0.15) is 113 Å². The van der Waals surface area contributed by atoms with E-state index in [1.165, 1.54) is 118 Å². The highest BCUT2D eigenvalue weighted by Gasteiger charge is 2.14. The van der Waals surface area contributed by atoms with Crippen molar-refractivity contribution in [1.82, 2.24) is 0 Å². The van der Waals surface area contributed by atoms with Gasteiger partial charge in [-0.2, -0.15) is 0 Å². The van der Waals surface area contributed by atoms with Crippen molar-refractivity contribution in [1.29, 1.82) is 0 Å². The maximum Gasteiger partial charge on any atom is 0.343 e. The highest BCUT2D eigenvalue weighted by Crippen LogP contribution is 2.23. The number of carbonyl (C=O) groups excluding carboxylic acids is 3. The average Bonchev–Trinajstić information content (AvgIpc) is 3.11. The number of ether oxygens (including phenoxy) is 4. The van der Waals surface area contributed by atoms with Gasteiger partial charge in [-0.15, -0.1) is 0 Å². The number of carboxylic acid groups (broad SMARTS) is 1. The first-order valence-electron chi connectivity index (χ1n) is 16.8. The van der Waals surface area contributed by atoms with E-state index in [0.717, 1.165) is 12.8 Å². The Balaban J connectivity index is 1.18. The summed E-state index contributed by atoms with van der Waals surface area (Å²) in [6, 6.07) is 24.0. The highest BCUT2D eigenvalue weighted by atomic mass is 16.5. The molecule has 256 valence electrons. The van der Waals surface area contributed by atoms with Crippen LogP contribution in [0.25, 0.3) is 0 Å². The molecule has 4 aromatic rings. The summed E-state index contributed by atoms with van der Waals surface area (Å²) in [5.41, 5.74) is 0.785. The molecule has 4 rings (SSSR count). The highest BCUT2D eigenvalue weighted by molar-refractivity contribution is 5.94. The summed E-state index contributed by atoms with van der Waals surface area (Å²) in [6.07, 6.45) is 12.6. The van der Waals surface area contributed by atoms with Crippen LogP contribution in [-0.4, -0.2) is 35.6 Å². The second-order valence-electron chi connectivity index (χ2n) is 11.6. The Kier molecular flexibility index (Phi) is 14.4. The van der Waals surface area contributed by atoms with Gasteiger partial charge in [0.25, 0.3) is 0 Å². The van der Waals surface area contributed by atoms with Crippen molar-refractivity contribution >= 4 is 23.9 Å². The molecule has 49 heavy (non-hydrogen) atoms. The monoisotopic (exact) mass is 666 g/mol. The molecule has 0 unspecified atom stereocenters. The summed E-state index contributed by atoms with van der Waals surface area (Å²) in [5.74, 6) is -1.78. The zero-order chi connectivity index (χ0) is 34.8. The minimum Gasteiger partial charge on any atom is -0.494 e.